The fraction of sp³-hybridized carbons (Fsp3) is 0.357. The van der Waals surface area contributed by atoms with Gasteiger partial charge in [-0.3, -0.25) is 14.5 Å². The van der Waals surface area contributed by atoms with Gasteiger partial charge in [0.2, 0.25) is 5.91 Å². The minimum atomic E-state index is -1.75. The van der Waals surface area contributed by atoms with Crippen LogP contribution in [0.4, 0.5) is 13.6 Å². The quantitative estimate of drug-likeness (QED) is 0.840. The van der Waals surface area contributed by atoms with E-state index in [-0.39, 0.29) is 5.56 Å². The summed E-state index contributed by atoms with van der Waals surface area (Å²) in [6.07, 6.45) is 0. The summed E-state index contributed by atoms with van der Waals surface area (Å²) in [5.41, 5.74) is -2.04. The van der Waals surface area contributed by atoms with Crippen molar-refractivity contribution in [3.05, 3.63) is 35.4 Å². The second-order valence-corrected chi connectivity index (χ2v) is 5.36. The molecule has 1 aliphatic heterocycles. The smallest absolute Gasteiger partial charge is 0.325 e. The highest BCUT2D eigenvalue weighted by atomic mass is 19.1. The van der Waals surface area contributed by atoms with Gasteiger partial charge in [0.25, 0.3) is 5.91 Å². The average molecular weight is 311 g/mol. The number of hydrogen-bond acceptors (Lipinski definition) is 3. The highest BCUT2D eigenvalue weighted by molar-refractivity contribution is 6.09. The van der Waals surface area contributed by atoms with E-state index in [1.54, 1.807) is 0 Å². The summed E-state index contributed by atoms with van der Waals surface area (Å²) in [5, 5.41) is 2.32. The normalized spacial score (nSPS) is 21.0. The Bertz CT molecular complexity index is 663. The average Bonchev–Trinajstić information content (AvgIpc) is 2.65. The zero-order chi connectivity index (χ0) is 16.7. The van der Waals surface area contributed by atoms with Gasteiger partial charge in [-0.25, -0.2) is 13.6 Å². The SMILES string of the molecule is CN(C)C(=O)CN1C(=O)N[C@@](C)(c2cc(F)ccc2F)C1=O. The summed E-state index contributed by atoms with van der Waals surface area (Å²) >= 11 is 0. The number of likely N-dealkylation sites (N-methyl/N-ethyl adjacent to an activating group) is 1. The van der Waals surface area contributed by atoms with E-state index in [4.69, 9.17) is 0 Å². The molecule has 1 saturated heterocycles. The third-order valence-corrected chi connectivity index (χ3v) is 3.53. The largest absolute Gasteiger partial charge is 0.347 e. The van der Waals surface area contributed by atoms with Crippen LogP contribution in [-0.4, -0.2) is 48.3 Å². The van der Waals surface area contributed by atoms with E-state index in [1.165, 1.54) is 25.9 Å². The highest BCUT2D eigenvalue weighted by Crippen LogP contribution is 2.31. The summed E-state index contributed by atoms with van der Waals surface area (Å²) in [4.78, 5) is 38.0. The standard InChI is InChI=1S/C14H15F2N3O3/c1-14(9-6-8(15)4-5-10(9)16)12(21)19(13(22)17-14)7-11(20)18(2)3/h4-6H,7H2,1-3H3,(H,17,22)/t14-/m0/s1. The van der Waals surface area contributed by atoms with Crippen LogP contribution in [0.25, 0.3) is 0 Å². The van der Waals surface area contributed by atoms with Crippen LogP contribution >= 0.6 is 0 Å². The van der Waals surface area contributed by atoms with E-state index in [9.17, 15) is 23.2 Å². The molecule has 0 saturated carbocycles. The molecule has 1 atom stereocenters. The Morgan fingerprint density at radius 2 is 1.95 bits per heavy atom. The van der Waals surface area contributed by atoms with Crippen molar-refractivity contribution in [1.29, 1.82) is 0 Å². The van der Waals surface area contributed by atoms with Crippen LogP contribution in [0.2, 0.25) is 0 Å². The summed E-state index contributed by atoms with van der Waals surface area (Å²) in [7, 11) is 2.96. The number of carbonyl (C=O) groups is 3. The lowest BCUT2D eigenvalue weighted by Gasteiger charge is -2.23. The van der Waals surface area contributed by atoms with Crippen molar-refractivity contribution in [2.24, 2.45) is 0 Å². The zero-order valence-corrected chi connectivity index (χ0v) is 12.3. The molecule has 0 aromatic heterocycles. The Kier molecular flexibility index (Phi) is 3.87. The maximum Gasteiger partial charge on any atom is 0.325 e. The Labute approximate surface area is 125 Å². The van der Waals surface area contributed by atoms with Crippen molar-refractivity contribution in [3.63, 3.8) is 0 Å². The second-order valence-electron chi connectivity index (χ2n) is 5.36. The van der Waals surface area contributed by atoms with Gasteiger partial charge in [-0.2, -0.15) is 0 Å². The molecule has 6 nitrogen and oxygen atoms in total. The molecule has 1 aliphatic rings. The predicted octanol–water partition coefficient (Wildman–Crippen LogP) is 0.820. The van der Waals surface area contributed by atoms with Gasteiger partial charge in [0.05, 0.1) is 0 Å². The number of benzene rings is 1. The molecular formula is C14H15F2N3O3. The molecule has 118 valence electrons. The maximum atomic E-state index is 13.9. The molecule has 8 heteroatoms. The number of amides is 4. The van der Waals surface area contributed by atoms with Gasteiger partial charge < -0.3 is 10.2 Å². The van der Waals surface area contributed by atoms with Gasteiger partial charge in [-0.15, -0.1) is 0 Å². The van der Waals surface area contributed by atoms with Crippen LogP contribution in [0, 0.1) is 11.6 Å². The molecule has 0 radical (unpaired) electrons. The van der Waals surface area contributed by atoms with Crippen LogP contribution in [0.15, 0.2) is 18.2 Å². The van der Waals surface area contributed by atoms with Crippen molar-refractivity contribution < 1.29 is 23.2 Å². The van der Waals surface area contributed by atoms with Gasteiger partial charge in [-0.05, 0) is 25.1 Å². The Hall–Kier alpha value is -2.51. The third kappa shape index (κ3) is 2.51. The fourth-order valence-electron chi connectivity index (χ4n) is 2.18. The summed E-state index contributed by atoms with van der Waals surface area (Å²) < 4.78 is 27.3. The molecule has 1 N–H and O–H groups in total. The van der Waals surface area contributed by atoms with Gasteiger partial charge in [-0.1, -0.05) is 0 Å². The minimum Gasteiger partial charge on any atom is -0.347 e. The molecule has 0 spiro atoms. The molecule has 4 amide bonds. The Balaban J connectivity index is 2.37. The van der Waals surface area contributed by atoms with Crippen LogP contribution in [0.3, 0.4) is 0 Å². The molecule has 0 unspecified atom stereocenters. The highest BCUT2D eigenvalue weighted by Gasteiger charge is 2.50. The molecule has 1 heterocycles. The van der Waals surface area contributed by atoms with E-state index in [0.29, 0.717) is 4.90 Å². The first-order chi connectivity index (χ1) is 10.2. The van der Waals surface area contributed by atoms with Gasteiger partial charge in [0, 0.05) is 19.7 Å². The zero-order valence-electron chi connectivity index (χ0n) is 12.3. The summed E-state index contributed by atoms with van der Waals surface area (Å²) in [6.45, 7) is 0.801. The molecule has 0 bridgehead atoms. The van der Waals surface area contributed by atoms with E-state index < -0.39 is 41.6 Å². The predicted molar refractivity (Wildman–Crippen MR) is 72.6 cm³/mol. The maximum absolute atomic E-state index is 13.9. The van der Waals surface area contributed by atoms with Crippen LogP contribution < -0.4 is 5.32 Å². The Morgan fingerprint density at radius 1 is 1.32 bits per heavy atom. The van der Waals surface area contributed by atoms with Crippen molar-refractivity contribution in [3.8, 4) is 0 Å². The van der Waals surface area contributed by atoms with Gasteiger partial charge >= 0.3 is 6.03 Å². The first-order valence-electron chi connectivity index (χ1n) is 6.46. The lowest BCUT2D eigenvalue weighted by atomic mass is 9.91. The number of halogens is 2. The number of imide groups is 1. The molecule has 22 heavy (non-hydrogen) atoms. The number of carbonyl (C=O) groups excluding carboxylic acids is 3. The second kappa shape index (κ2) is 5.36. The van der Waals surface area contributed by atoms with Crippen molar-refractivity contribution in [2.45, 2.75) is 12.5 Å². The first-order valence-corrected chi connectivity index (χ1v) is 6.46. The lowest BCUT2D eigenvalue weighted by Crippen LogP contribution is -2.43. The fourth-order valence-corrected chi connectivity index (χ4v) is 2.18. The molecule has 0 aliphatic carbocycles. The minimum absolute atomic E-state index is 0.286. The molecule has 1 fully saturated rings. The van der Waals surface area contributed by atoms with Crippen molar-refractivity contribution >= 4 is 17.8 Å². The number of hydrogen-bond donors (Lipinski definition) is 1. The first kappa shape index (κ1) is 15.9. The molecular weight excluding hydrogens is 296 g/mol. The lowest BCUT2D eigenvalue weighted by molar-refractivity contribution is -0.137. The molecule has 1 aromatic rings. The van der Waals surface area contributed by atoms with Crippen molar-refractivity contribution in [1.82, 2.24) is 15.1 Å². The van der Waals surface area contributed by atoms with E-state index in [2.05, 4.69) is 5.32 Å². The summed E-state index contributed by atoms with van der Waals surface area (Å²) in [6, 6.07) is 1.82. The third-order valence-electron chi connectivity index (χ3n) is 3.53. The topological polar surface area (TPSA) is 69.7 Å². The number of urea groups is 1. The number of nitrogens with zero attached hydrogens (tertiary/aromatic N) is 2. The Morgan fingerprint density at radius 3 is 2.55 bits per heavy atom. The number of nitrogens with one attached hydrogen (secondary N) is 1. The monoisotopic (exact) mass is 311 g/mol. The van der Waals surface area contributed by atoms with Crippen LogP contribution in [-0.2, 0) is 15.1 Å². The van der Waals surface area contributed by atoms with Crippen molar-refractivity contribution in [2.75, 3.05) is 20.6 Å². The molecule has 2 rings (SSSR count). The number of rotatable bonds is 3. The van der Waals surface area contributed by atoms with Crippen LogP contribution in [0.5, 0.6) is 0 Å². The van der Waals surface area contributed by atoms with E-state index in [1.807, 2.05) is 0 Å². The van der Waals surface area contributed by atoms with Gasteiger partial charge in [0.1, 0.15) is 23.7 Å². The molecule has 1 aromatic carbocycles. The van der Waals surface area contributed by atoms with Gasteiger partial charge in [0.15, 0.2) is 0 Å². The summed E-state index contributed by atoms with van der Waals surface area (Å²) in [5.74, 6) is -2.83. The van der Waals surface area contributed by atoms with E-state index >= 15 is 0 Å². The van der Waals surface area contributed by atoms with Crippen LogP contribution in [0.1, 0.15) is 12.5 Å². The van der Waals surface area contributed by atoms with E-state index in [0.717, 1.165) is 18.2 Å².